The van der Waals surface area contributed by atoms with Gasteiger partial charge in [0.25, 0.3) is 0 Å². The summed E-state index contributed by atoms with van der Waals surface area (Å²) in [5.74, 6) is 0. The number of pyridine rings is 1. The molecule has 1 heterocycles. The first-order valence-electron chi connectivity index (χ1n) is 5.46. The Kier molecular flexibility index (Phi) is 4.45. The topological polar surface area (TPSA) is 71.5 Å². The van der Waals surface area contributed by atoms with Crippen LogP contribution in [0.1, 0.15) is 26.5 Å². The molecule has 1 rings (SSSR count). The highest BCUT2D eigenvalue weighted by atomic mass is 16.6. The van der Waals surface area contributed by atoms with Crippen LogP contribution >= 0.6 is 0 Å². The van der Waals surface area contributed by atoms with Crippen LogP contribution in [0, 0.1) is 0 Å². The lowest BCUT2D eigenvalue weighted by Crippen LogP contribution is -2.27. The normalized spacial score (nSPS) is 11.1. The Labute approximate surface area is 101 Å². The smallest absolute Gasteiger partial charge is 0.412 e. The summed E-state index contributed by atoms with van der Waals surface area (Å²) in [6.45, 7) is 5.46. The van der Waals surface area contributed by atoms with Gasteiger partial charge in [-0.2, -0.15) is 0 Å². The highest BCUT2D eigenvalue weighted by Crippen LogP contribution is 2.11. The third kappa shape index (κ3) is 5.31. The van der Waals surface area contributed by atoms with Crippen LogP contribution in [0.15, 0.2) is 18.3 Å². The second-order valence-electron chi connectivity index (χ2n) is 4.64. The lowest BCUT2D eigenvalue weighted by Gasteiger charge is -2.19. The molecule has 0 bridgehead atoms. The first kappa shape index (κ1) is 13.4. The minimum absolute atomic E-state index is 0.0614. The molecule has 0 saturated heterocycles. The van der Waals surface area contributed by atoms with Crippen molar-refractivity contribution in [2.75, 3.05) is 11.9 Å². The summed E-state index contributed by atoms with van der Waals surface area (Å²) in [5.41, 5.74) is 0.831. The van der Waals surface area contributed by atoms with Crippen LogP contribution in [0.25, 0.3) is 0 Å². The molecule has 0 aliphatic heterocycles. The van der Waals surface area contributed by atoms with Crippen molar-refractivity contribution in [1.29, 1.82) is 0 Å². The maximum absolute atomic E-state index is 11.4. The Bertz CT molecular complexity index is 368. The second kappa shape index (κ2) is 5.63. The average molecular weight is 238 g/mol. The molecule has 5 nitrogen and oxygen atoms in total. The summed E-state index contributed by atoms with van der Waals surface area (Å²) in [5, 5.41) is 11.3. The van der Waals surface area contributed by atoms with Crippen molar-refractivity contribution in [3.05, 3.63) is 24.0 Å². The fourth-order valence-corrected chi connectivity index (χ4v) is 1.18. The van der Waals surface area contributed by atoms with Gasteiger partial charge >= 0.3 is 6.09 Å². The van der Waals surface area contributed by atoms with E-state index in [1.165, 1.54) is 6.20 Å². The van der Waals surface area contributed by atoms with E-state index in [1.54, 1.807) is 32.9 Å². The third-order valence-corrected chi connectivity index (χ3v) is 1.84. The zero-order valence-corrected chi connectivity index (χ0v) is 10.4. The maximum atomic E-state index is 11.4. The van der Waals surface area contributed by atoms with Crippen LogP contribution in [-0.4, -0.2) is 28.4 Å². The number of aliphatic hydroxyl groups excluding tert-OH is 1. The molecular formula is C12H18N2O3. The molecule has 1 amide bonds. The number of aromatic nitrogens is 1. The number of ether oxygens (including phenoxy) is 1. The number of hydrogen-bond donors (Lipinski definition) is 2. The van der Waals surface area contributed by atoms with Crippen LogP contribution in [0.5, 0.6) is 0 Å². The highest BCUT2D eigenvalue weighted by molar-refractivity contribution is 5.84. The van der Waals surface area contributed by atoms with Crippen molar-refractivity contribution in [3.63, 3.8) is 0 Å². The van der Waals surface area contributed by atoms with Crippen molar-refractivity contribution in [2.45, 2.75) is 32.8 Å². The Morgan fingerprint density at radius 3 is 2.65 bits per heavy atom. The molecule has 1 aromatic rings. The van der Waals surface area contributed by atoms with Gasteiger partial charge < -0.3 is 9.84 Å². The van der Waals surface area contributed by atoms with Crippen molar-refractivity contribution in [3.8, 4) is 0 Å². The summed E-state index contributed by atoms with van der Waals surface area (Å²) < 4.78 is 5.10. The SMILES string of the molecule is CC(C)(C)OC(=O)Nc1ccc(CCO)nc1. The van der Waals surface area contributed by atoms with Crippen molar-refractivity contribution >= 4 is 11.8 Å². The summed E-state index contributed by atoms with van der Waals surface area (Å²) in [6, 6.07) is 3.48. The van der Waals surface area contributed by atoms with E-state index in [2.05, 4.69) is 10.3 Å². The van der Waals surface area contributed by atoms with E-state index in [4.69, 9.17) is 9.84 Å². The van der Waals surface area contributed by atoms with Crippen LogP contribution in [0.3, 0.4) is 0 Å². The predicted molar refractivity (Wildman–Crippen MR) is 64.9 cm³/mol. The quantitative estimate of drug-likeness (QED) is 0.844. The molecule has 0 aliphatic carbocycles. The van der Waals surface area contributed by atoms with Crippen LogP contribution in [-0.2, 0) is 11.2 Å². The van der Waals surface area contributed by atoms with Gasteiger partial charge in [-0.15, -0.1) is 0 Å². The molecule has 0 aromatic carbocycles. The maximum Gasteiger partial charge on any atom is 0.412 e. The van der Waals surface area contributed by atoms with Crippen LogP contribution in [0.4, 0.5) is 10.5 Å². The molecule has 2 N–H and O–H groups in total. The molecule has 0 atom stereocenters. The lowest BCUT2D eigenvalue weighted by molar-refractivity contribution is 0.0636. The van der Waals surface area contributed by atoms with Crippen LogP contribution < -0.4 is 5.32 Å². The number of carbonyl (C=O) groups excluding carboxylic acids is 1. The van der Waals surface area contributed by atoms with E-state index < -0.39 is 11.7 Å². The molecular weight excluding hydrogens is 220 g/mol. The van der Waals surface area contributed by atoms with Gasteiger partial charge in [-0.25, -0.2) is 4.79 Å². The third-order valence-electron chi connectivity index (χ3n) is 1.84. The van der Waals surface area contributed by atoms with Gasteiger partial charge in [0.1, 0.15) is 5.60 Å². The number of nitrogens with one attached hydrogen (secondary N) is 1. The molecule has 0 radical (unpaired) electrons. The molecule has 17 heavy (non-hydrogen) atoms. The minimum Gasteiger partial charge on any atom is -0.444 e. The van der Waals surface area contributed by atoms with E-state index in [9.17, 15) is 4.79 Å². The first-order chi connectivity index (χ1) is 7.90. The number of hydrogen-bond acceptors (Lipinski definition) is 4. The fourth-order valence-electron chi connectivity index (χ4n) is 1.18. The number of anilines is 1. The average Bonchev–Trinajstić information content (AvgIpc) is 2.18. The van der Waals surface area contributed by atoms with Crippen molar-refractivity contribution in [1.82, 2.24) is 4.98 Å². The largest absolute Gasteiger partial charge is 0.444 e. The fraction of sp³-hybridized carbons (Fsp3) is 0.500. The number of rotatable bonds is 3. The molecule has 0 aliphatic rings. The monoisotopic (exact) mass is 238 g/mol. The Balaban J connectivity index is 2.54. The van der Waals surface area contributed by atoms with Crippen molar-refractivity contribution < 1.29 is 14.6 Å². The second-order valence-corrected chi connectivity index (χ2v) is 4.64. The molecule has 94 valence electrons. The van der Waals surface area contributed by atoms with E-state index in [0.717, 1.165) is 5.69 Å². The molecule has 0 saturated carbocycles. The van der Waals surface area contributed by atoms with Crippen molar-refractivity contribution in [2.24, 2.45) is 0 Å². The Morgan fingerprint density at radius 1 is 1.47 bits per heavy atom. The first-order valence-corrected chi connectivity index (χ1v) is 5.46. The van der Waals surface area contributed by atoms with Gasteiger partial charge in [0.05, 0.1) is 11.9 Å². The van der Waals surface area contributed by atoms with Gasteiger partial charge in [0, 0.05) is 18.7 Å². The minimum atomic E-state index is -0.520. The number of nitrogens with zero attached hydrogens (tertiary/aromatic N) is 1. The molecule has 5 heteroatoms. The summed E-state index contributed by atoms with van der Waals surface area (Å²) in [6.07, 6.45) is 1.54. The van der Waals surface area contributed by atoms with E-state index in [1.807, 2.05) is 0 Å². The van der Waals surface area contributed by atoms with Gasteiger partial charge in [-0.3, -0.25) is 10.3 Å². The van der Waals surface area contributed by atoms with Gasteiger partial charge in [-0.1, -0.05) is 0 Å². The number of amides is 1. The standard InChI is InChI=1S/C12H18N2O3/c1-12(2,3)17-11(16)14-10-5-4-9(6-7-15)13-8-10/h4-5,8,15H,6-7H2,1-3H3,(H,14,16). The molecule has 0 fully saturated rings. The van der Waals surface area contributed by atoms with Gasteiger partial charge in [0.15, 0.2) is 0 Å². The predicted octanol–water partition coefficient (Wildman–Crippen LogP) is 1.96. The van der Waals surface area contributed by atoms with E-state index in [0.29, 0.717) is 12.1 Å². The molecule has 1 aromatic heterocycles. The van der Waals surface area contributed by atoms with Gasteiger partial charge in [-0.05, 0) is 32.9 Å². The molecule has 0 unspecified atom stereocenters. The van der Waals surface area contributed by atoms with Gasteiger partial charge in [0.2, 0.25) is 0 Å². The zero-order valence-electron chi connectivity index (χ0n) is 10.4. The van der Waals surface area contributed by atoms with E-state index in [-0.39, 0.29) is 6.61 Å². The number of carbonyl (C=O) groups is 1. The summed E-state index contributed by atoms with van der Waals surface area (Å²) >= 11 is 0. The number of aliphatic hydroxyl groups is 1. The van der Waals surface area contributed by atoms with Crippen LogP contribution in [0.2, 0.25) is 0 Å². The summed E-state index contributed by atoms with van der Waals surface area (Å²) in [4.78, 5) is 15.5. The Morgan fingerprint density at radius 2 is 2.18 bits per heavy atom. The highest BCUT2D eigenvalue weighted by Gasteiger charge is 2.16. The van der Waals surface area contributed by atoms with E-state index >= 15 is 0 Å². The molecule has 0 spiro atoms. The zero-order chi connectivity index (χ0) is 12.9. The summed E-state index contributed by atoms with van der Waals surface area (Å²) in [7, 11) is 0. The lowest BCUT2D eigenvalue weighted by atomic mass is 10.2. The Hall–Kier alpha value is -1.62.